The largest absolute Gasteiger partial charge is 0.480 e. The SMILES string of the molecule is CC1CCCC(NC2(C(=O)O)CCCCC2)C1. The maximum absolute atomic E-state index is 11.6. The highest BCUT2D eigenvalue weighted by Gasteiger charge is 2.41. The molecule has 0 radical (unpaired) electrons. The summed E-state index contributed by atoms with van der Waals surface area (Å²) in [5.41, 5.74) is -0.611. The molecule has 0 saturated heterocycles. The lowest BCUT2D eigenvalue weighted by atomic mass is 9.79. The van der Waals surface area contributed by atoms with Gasteiger partial charge in [0.15, 0.2) is 0 Å². The first-order chi connectivity index (χ1) is 8.12. The average molecular weight is 239 g/mol. The van der Waals surface area contributed by atoms with E-state index >= 15 is 0 Å². The second-order valence-electron chi connectivity index (χ2n) is 6.06. The first-order valence-electron chi connectivity index (χ1n) is 7.13. The molecule has 3 heteroatoms. The quantitative estimate of drug-likeness (QED) is 0.796. The van der Waals surface area contributed by atoms with Crippen molar-refractivity contribution in [3.05, 3.63) is 0 Å². The van der Waals surface area contributed by atoms with Gasteiger partial charge in [-0.15, -0.1) is 0 Å². The van der Waals surface area contributed by atoms with Gasteiger partial charge >= 0.3 is 5.97 Å². The van der Waals surface area contributed by atoms with Gasteiger partial charge < -0.3 is 5.11 Å². The van der Waals surface area contributed by atoms with Crippen LogP contribution in [0.1, 0.15) is 64.7 Å². The van der Waals surface area contributed by atoms with Crippen molar-refractivity contribution in [2.45, 2.75) is 76.3 Å². The molecule has 0 aromatic carbocycles. The van der Waals surface area contributed by atoms with Crippen LogP contribution in [0.2, 0.25) is 0 Å². The van der Waals surface area contributed by atoms with Gasteiger partial charge in [0.2, 0.25) is 0 Å². The Morgan fingerprint density at radius 1 is 1.18 bits per heavy atom. The highest BCUT2D eigenvalue weighted by Crippen LogP contribution is 2.32. The minimum absolute atomic E-state index is 0.424. The lowest BCUT2D eigenvalue weighted by Crippen LogP contribution is -2.57. The number of carboxylic acids is 1. The van der Waals surface area contributed by atoms with E-state index in [2.05, 4.69) is 12.2 Å². The average Bonchev–Trinajstić information content (AvgIpc) is 2.30. The molecule has 0 aromatic heterocycles. The standard InChI is InChI=1S/C14H25NO2/c1-11-6-5-7-12(10-11)15-14(13(16)17)8-3-2-4-9-14/h11-12,15H,2-10H2,1H3,(H,16,17). The first-order valence-corrected chi connectivity index (χ1v) is 7.13. The Hall–Kier alpha value is -0.570. The van der Waals surface area contributed by atoms with Crippen molar-refractivity contribution in [3.8, 4) is 0 Å². The number of rotatable bonds is 3. The molecule has 2 fully saturated rings. The van der Waals surface area contributed by atoms with Crippen molar-refractivity contribution in [2.24, 2.45) is 5.92 Å². The molecule has 0 heterocycles. The van der Waals surface area contributed by atoms with E-state index in [1.807, 2.05) is 0 Å². The molecule has 2 atom stereocenters. The molecule has 2 unspecified atom stereocenters. The van der Waals surface area contributed by atoms with Crippen molar-refractivity contribution >= 4 is 5.97 Å². The van der Waals surface area contributed by atoms with Gasteiger partial charge in [0.25, 0.3) is 0 Å². The topological polar surface area (TPSA) is 49.3 Å². The molecular formula is C14H25NO2. The molecule has 2 N–H and O–H groups in total. The van der Waals surface area contributed by atoms with Gasteiger partial charge in [0.05, 0.1) is 0 Å². The predicted molar refractivity (Wildman–Crippen MR) is 68.0 cm³/mol. The summed E-state index contributed by atoms with van der Waals surface area (Å²) in [5.74, 6) is 0.117. The fourth-order valence-corrected chi connectivity index (χ4v) is 3.53. The summed E-state index contributed by atoms with van der Waals surface area (Å²) in [6, 6.07) is 0.424. The van der Waals surface area contributed by atoms with Gasteiger partial charge in [-0.1, -0.05) is 39.0 Å². The summed E-state index contributed by atoms with van der Waals surface area (Å²) >= 11 is 0. The van der Waals surface area contributed by atoms with Crippen molar-refractivity contribution < 1.29 is 9.90 Å². The summed E-state index contributed by atoms with van der Waals surface area (Å²) < 4.78 is 0. The lowest BCUT2D eigenvalue weighted by Gasteiger charge is -2.39. The lowest BCUT2D eigenvalue weighted by molar-refractivity contribution is -0.147. The minimum Gasteiger partial charge on any atom is -0.480 e. The van der Waals surface area contributed by atoms with E-state index in [9.17, 15) is 9.90 Å². The van der Waals surface area contributed by atoms with Crippen LogP contribution in [0.25, 0.3) is 0 Å². The highest BCUT2D eigenvalue weighted by molar-refractivity contribution is 5.79. The summed E-state index contributed by atoms with van der Waals surface area (Å²) in [7, 11) is 0. The maximum Gasteiger partial charge on any atom is 0.323 e. The molecule has 2 aliphatic carbocycles. The van der Waals surface area contributed by atoms with Gasteiger partial charge in [-0.05, 0) is 31.6 Å². The molecule has 0 aromatic rings. The number of hydrogen-bond acceptors (Lipinski definition) is 2. The zero-order chi connectivity index (χ0) is 12.3. The number of aliphatic carboxylic acids is 1. The molecule has 0 spiro atoms. The maximum atomic E-state index is 11.6. The monoisotopic (exact) mass is 239 g/mol. The molecule has 3 nitrogen and oxygen atoms in total. The summed E-state index contributed by atoms with van der Waals surface area (Å²) in [5, 5.41) is 13.0. The Labute approximate surface area is 104 Å². The minimum atomic E-state index is -0.629. The third-order valence-corrected chi connectivity index (χ3v) is 4.53. The summed E-state index contributed by atoms with van der Waals surface area (Å²) in [4.78, 5) is 11.6. The van der Waals surface area contributed by atoms with Crippen LogP contribution < -0.4 is 5.32 Å². The van der Waals surface area contributed by atoms with Crippen LogP contribution in [-0.2, 0) is 4.79 Å². The van der Waals surface area contributed by atoms with Gasteiger partial charge in [-0.2, -0.15) is 0 Å². The second-order valence-corrected chi connectivity index (χ2v) is 6.06. The summed E-state index contributed by atoms with van der Waals surface area (Å²) in [6.45, 7) is 2.28. The molecular weight excluding hydrogens is 214 g/mol. The van der Waals surface area contributed by atoms with E-state index in [1.165, 1.54) is 19.3 Å². The number of carbonyl (C=O) groups is 1. The fraction of sp³-hybridized carbons (Fsp3) is 0.929. The zero-order valence-corrected chi connectivity index (χ0v) is 10.9. The summed E-state index contributed by atoms with van der Waals surface area (Å²) in [6.07, 6.45) is 9.78. The molecule has 2 rings (SSSR count). The van der Waals surface area contributed by atoms with Crippen LogP contribution in [0.5, 0.6) is 0 Å². The van der Waals surface area contributed by atoms with Crippen molar-refractivity contribution in [1.29, 1.82) is 0 Å². The van der Waals surface area contributed by atoms with E-state index in [-0.39, 0.29) is 0 Å². The predicted octanol–water partition coefficient (Wildman–Crippen LogP) is 2.94. The Kier molecular flexibility index (Phi) is 4.08. The molecule has 0 bridgehead atoms. The highest BCUT2D eigenvalue weighted by atomic mass is 16.4. The molecule has 0 amide bonds. The Morgan fingerprint density at radius 3 is 2.47 bits per heavy atom. The second kappa shape index (κ2) is 5.38. The third kappa shape index (κ3) is 3.01. The van der Waals surface area contributed by atoms with E-state index < -0.39 is 11.5 Å². The first kappa shape index (κ1) is 12.9. The van der Waals surface area contributed by atoms with Crippen LogP contribution in [-0.4, -0.2) is 22.7 Å². The van der Waals surface area contributed by atoms with Crippen LogP contribution in [0.3, 0.4) is 0 Å². The van der Waals surface area contributed by atoms with Gasteiger partial charge in [0, 0.05) is 6.04 Å². The Bertz CT molecular complexity index is 271. The van der Waals surface area contributed by atoms with E-state index in [0.29, 0.717) is 6.04 Å². The fourth-order valence-electron chi connectivity index (χ4n) is 3.53. The smallest absolute Gasteiger partial charge is 0.323 e. The van der Waals surface area contributed by atoms with Crippen molar-refractivity contribution in [1.82, 2.24) is 5.32 Å². The van der Waals surface area contributed by atoms with Gasteiger partial charge in [-0.25, -0.2) is 0 Å². The van der Waals surface area contributed by atoms with Crippen LogP contribution in [0.4, 0.5) is 0 Å². The van der Waals surface area contributed by atoms with Crippen molar-refractivity contribution in [3.63, 3.8) is 0 Å². The van der Waals surface area contributed by atoms with E-state index in [1.54, 1.807) is 0 Å². The van der Waals surface area contributed by atoms with Crippen molar-refractivity contribution in [2.75, 3.05) is 0 Å². The van der Waals surface area contributed by atoms with E-state index in [0.717, 1.165) is 44.4 Å². The number of carboxylic acid groups (broad SMARTS) is 1. The molecule has 2 saturated carbocycles. The normalized spacial score (nSPS) is 33.2. The molecule has 17 heavy (non-hydrogen) atoms. The van der Waals surface area contributed by atoms with Crippen LogP contribution in [0.15, 0.2) is 0 Å². The Balaban J connectivity index is 1.99. The molecule has 98 valence electrons. The number of nitrogens with one attached hydrogen (secondary N) is 1. The van der Waals surface area contributed by atoms with E-state index in [4.69, 9.17) is 0 Å². The zero-order valence-electron chi connectivity index (χ0n) is 10.9. The van der Waals surface area contributed by atoms with Crippen LogP contribution in [0, 0.1) is 5.92 Å². The van der Waals surface area contributed by atoms with Gasteiger partial charge in [0.1, 0.15) is 5.54 Å². The van der Waals surface area contributed by atoms with Crippen LogP contribution >= 0.6 is 0 Å². The van der Waals surface area contributed by atoms with Gasteiger partial charge in [-0.3, -0.25) is 10.1 Å². The Morgan fingerprint density at radius 2 is 1.88 bits per heavy atom. The third-order valence-electron chi connectivity index (χ3n) is 4.53. The molecule has 2 aliphatic rings. The number of hydrogen-bond donors (Lipinski definition) is 2. The molecule has 0 aliphatic heterocycles.